The monoisotopic (exact) mass is 427 g/mol. The van der Waals surface area contributed by atoms with Gasteiger partial charge in [0.05, 0.1) is 24.2 Å². The van der Waals surface area contributed by atoms with E-state index < -0.39 is 33.6 Å². The molecule has 0 saturated carbocycles. The van der Waals surface area contributed by atoms with Gasteiger partial charge in [-0.25, -0.2) is 21.5 Å². The predicted octanol–water partition coefficient (Wildman–Crippen LogP) is 2.51. The van der Waals surface area contributed by atoms with Crippen LogP contribution < -0.4 is 15.4 Å². The summed E-state index contributed by atoms with van der Waals surface area (Å²) in [5.41, 5.74) is 0.402. The molecule has 2 N–H and O–H groups in total. The fourth-order valence-electron chi connectivity index (χ4n) is 2.56. The molecule has 7 nitrogen and oxygen atoms in total. The molecule has 0 heterocycles. The lowest BCUT2D eigenvalue weighted by atomic mass is 10.1. The van der Waals surface area contributed by atoms with Gasteiger partial charge in [0.2, 0.25) is 15.9 Å². The summed E-state index contributed by atoms with van der Waals surface area (Å²) in [6.07, 6.45) is 0. The van der Waals surface area contributed by atoms with Crippen LogP contribution in [0.4, 0.5) is 14.5 Å². The van der Waals surface area contributed by atoms with Crippen LogP contribution in [0.2, 0.25) is 0 Å². The molecule has 2 aromatic carbocycles. The van der Waals surface area contributed by atoms with Crippen molar-refractivity contribution in [3.8, 4) is 5.75 Å². The number of ether oxygens (including phenoxy) is 1. The summed E-state index contributed by atoms with van der Waals surface area (Å²) in [6.45, 7) is 1.44. The number of rotatable bonds is 8. The zero-order valence-corrected chi connectivity index (χ0v) is 17.3. The summed E-state index contributed by atoms with van der Waals surface area (Å²) < 4.78 is 57.7. The summed E-state index contributed by atoms with van der Waals surface area (Å²) in [5.74, 6) is -1.60. The van der Waals surface area contributed by atoms with Gasteiger partial charge in [-0.1, -0.05) is 6.07 Å². The number of halogens is 2. The number of hydrogen-bond acceptors (Lipinski definition) is 5. The van der Waals surface area contributed by atoms with Gasteiger partial charge >= 0.3 is 0 Å². The SMILES string of the molecule is COc1ccc(S(=O)(=O)N(C)C)cc1NC(=O)CN[C@H](C)c1ccc(F)cc1F. The van der Waals surface area contributed by atoms with Gasteiger partial charge in [0.15, 0.2) is 0 Å². The Labute approximate surface area is 168 Å². The highest BCUT2D eigenvalue weighted by Gasteiger charge is 2.20. The van der Waals surface area contributed by atoms with E-state index in [-0.39, 0.29) is 28.4 Å². The first kappa shape index (κ1) is 22.7. The van der Waals surface area contributed by atoms with Crippen molar-refractivity contribution in [2.45, 2.75) is 17.9 Å². The Balaban J connectivity index is 2.11. The van der Waals surface area contributed by atoms with Crippen molar-refractivity contribution in [1.29, 1.82) is 0 Å². The molecule has 1 atom stereocenters. The molecule has 0 aliphatic carbocycles. The van der Waals surface area contributed by atoms with E-state index in [9.17, 15) is 22.0 Å². The topological polar surface area (TPSA) is 87.7 Å². The van der Waals surface area contributed by atoms with Crippen LogP contribution in [0, 0.1) is 11.6 Å². The minimum Gasteiger partial charge on any atom is -0.495 e. The first-order valence-corrected chi connectivity index (χ1v) is 10.1. The van der Waals surface area contributed by atoms with E-state index in [1.165, 1.54) is 45.5 Å². The highest BCUT2D eigenvalue weighted by molar-refractivity contribution is 7.89. The standard InChI is InChI=1S/C19H23F2N3O4S/c1-12(15-7-5-13(20)9-16(15)21)22-11-19(25)23-17-10-14(6-8-18(17)28-4)29(26,27)24(2)3/h5-10,12,22H,11H2,1-4H3,(H,23,25)/t12-/m1/s1. The number of nitrogens with zero attached hydrogens (tertiary/aromatic N) is 1. The molecule has 0 saturated heterocycles. The lowest BCUT2D eigenvalue weighted by Crippen LogP contribution is -2.30. The number of carbonyl (C=O) groups is 1. The number of benzene rings is 2. The maximum absolute atomic E-state index is 13.8. The van der Waals surface area contributed by atoms with E-state index in [2.05, 4.69) is 10.6 Å². The molecular weight excluding hydrogens is 404 g/mol. The molecule has 0 aliphatic rings. The molecule has 29 heavy (non-hydrogen) atoms. The van der Waals surface area contributed by atoms with Crippen LogP contribution in [0.1, 0.15) is 18.5 Å². The van der Waals surface area contributed by atoms with E-state index in [4.69, 9.17) is 4.74 Å². The van der Waals surface area contributed by atoms with Crippen molar-refractivity contribution in [2.24, 2.45) is 0 Å². The van der Waals surface area contributed by atoms with Crippen LogP contribution in [0.3, 0.4) is 0 Å². The number of hydrogen-bond donors (Lipinski definition) is 2. The molecule has 0 unspecified atom stereocenters. The van der Waals surface area contributed by atoms with E-state index in [1.807, 2.05) is 0 Å². The van der Waals surface area contributed by atoms with Crippen LogP contribution in [0.25, 0.3) is 0 Å². The summed E-state index contributed by atoms with van der Waals surface area (Å²) in [6, 6.07) is 6.78. The first-order valence-electron chi connectivity index (χ1n) is 8.65. The summed E-state index contributed by atoms with van der Waals surface area (Å²) in [7, 11) is 0.501. The van der Waals surface area contributed by atoms with Gasteiger partial charge in [0.1, 0.15) is 17.4 Å². The molecule has 2 aromatic rings. The van der Waals surface area contributed by atoms with Gasteiger partial charge in [-0.15, -0.1) is 0 Å². The highest BCUT2D eigenvalue weighted by Crippen LogP contribution is 2.28. The van der Waals surface area contributed by atoms with Gasteiger partial charge in [0.25, 0.3) is 0 Å². The average Bonchev–Trinajstić information content (AvgIpc) is 2.65. The normalized spacial score (nSPS) is 12.7. The number of nitrogens with one attached hydrogen (secondary N) is 2. The van der Waals surface area contributed by atoms with Crippen LogP contribution in [-0.4, -0.2) is 46.4 Å². The third-order valence-corrected chi connectivity index (χ3v) is 6.03. The van der Waals surface area contributed by atoms with Crippen LogP contribution in [0.5, 0.6) is 5.75 Å². The molecule has 0 spiro atoms. The zero-order chi connectivity index (χ0) is 21.8. The third-order valence-electron chi connectivity index (χ3n) is 4.22. The van der Waals surface area contributed by atoms with Crippen molar-refractivity contribution in [3.05, 3.63) is 53.6 Å². The van der Waals surface area contributed by atoms with Gasteiger partial charge < -0.3 is 15.4 Å². The van der Waals surface area contributed by atoms with Gasteiger partial charge in [-0.2, -0.15) is 0 Å². The Morgan fingerprint density at radius 1 is 1.17 bits per heavy atom. The molecule has 10 heteroatoms. The molecule has 0 radical (unpaired) electrons. The quantitative estimate of drug-likeness (QED) is 0.676. The second-order valence-electron chi connectivity index (χ2n) is 6.47. The fourth-order valence-corrected chi connectivity index (χ4v) is 3.49. The van der Waals surface area contributed by atoms with Crippen molar-refractivity contribution in [1.82, 2.24) is 9.62 Å². The molecule has 0 aromatic heterocycles. The van der Waals surface area contributed by atoms with Crippen molar-refractivity contribution in [2.75, 3.05) is 33.1 Å². The van der Waals surface area contributed by atoms with Gasteiger partial charge in [0, 0.05) is 31.8 Å². The van der Waals surface area contributed by atoms with E-state index >= 15 is 0 Å². The van der Waals surface area contributed by atoms with Crippen LogP contribution in [0.15, 0.2) is 41.3 Å². The smallest absolute Gasteiger partial charge is 0.242 e. The van der Waals surface area contributed by atoms with E-state index in [1.54, 1.807) is 6.92 Å². The van der Waals surface area contributed by atoms with Gasteiger partial charge in [-0.05, 0) is 31.2 Å². The maximum atomic E-state index is 13.8. The Kier molecular flexibility index (Phi) is 7.28. The molecule has 0 aliphatic heterocycles. The van der Waals surface area contributed by atoms with E-state index in [0.717, 1.165) is 16.4 Å². The number of amides is 1. The van der Waals surface area contributed by atoms with Crippen LogP contribution in [-0.2, 0) is 14.8 Å². The molecule has 158 valence electrons. The Hall–Kier alpha value is -2.56. The Morgan fingerprint density at radius 2 is 1.86 bits per heavy atom. The maximum Gasteiger partial charge on any atom is 0.242 e. The fraction of sp³-hybridized carbons (Fsp3) is 0.316. The van der Waals surface area contributed by atoms with Crippen LogP contribution >= 0.6 is 0 Å². The Bertz CT molecular complexity index is 997. The summed E-state index contributed by atoms with van der Waals surface area (Å²) >= 11 is 0. The van der Waals surface area contributed by atoms with Crippen molar-refractivity contribution >= 4 is 21.6 Å². The van der Waals surface area contributed by atoms with Crippen molar-refractivity contribution in [3.63, 3.8) is 0 Å². The first-order chi connectivity index (χ1) is 13.6. The molecular formula is C19H23F2N3O4S. The van der Waals surface area contributed by atoms with Crippen molar-refractivity contribution < 1.29 is 26.7 Å². The summed E-state index contributed by atoms with van der Waals surface area (Å²) in [4.78, 5) is 12.3. The number of methoxy groups -OCH3 is 1. The second-order valence-corrected chi connectivity index (χ2v) is 8.62. The number of carbonyl (C=O) groups excluding carboxylic acids is 1. The predicted molar refractivity (Wildman–Crippen MR) is 105 cm³/mol. The lowest BCUT2D eigenvalue weighted by Gasteiger charge is -2.17. The lowest BCUT2D eigenvalue weighted by molar-refractivity contribution is -0.115. The zero-order valence-electron chi connectivity index (χ0n) is 16.5. The molecule has 1 amide bonds. The summed E-state index contributed by atoms with van der Waals surface area (Å²) in [5, 5.41) is 5.42. The number of anilines is 1. The highest BCUT2D eigenvalue weighted by atomic mass is 32.2. The Morgan fingerprint density at radius 3 is 2.45 bits per heavy atom. The molecule has 0 bridgehead atoms. The third kappa shape index (κ3) is 5.49. The van der Waals surface area contributed by atoms with Gasteiger partial charge in [-0.3, -0.25) is 4.79 Å². The largest absolute Gasteiger partial charge is 0.495 e. The molecule has 0 fully saturated rings. The van der Waals surface area contributed by atoms with E-state index in [0.29, 0.717) is 0 Å². The second kappa shape index (κ2) is 9.29. The number of sulfonamides is 1. The average molecular weight is 427 g/mol. The molecule has 2 rings (SSSR count). The minimum absolute atomic E-state index is 0.00619. The minimum atomic E-state index is -3.69.